The molecule has 0 radical (unpaired) electrons. The Morgan fingerprint density at radius 3 is 2.90 bits per heavy atom. The highest BCUT2D eigenvalue weighted by atomic mass is 35.5. The van der Waals surface area contributed by atoms with E-state index in [4.69, 9.17) is 21.1 Å². The fraction of sp³-hybridized carbons (Fsp3) is 0.381. The minimum Gasteiger partial charge on any atom is -0.497 e. The third kappa shape index (κ3) is 4.14. The SMILES string of the molecule is COc1ccc(OC)c(CNC(=O)C2CCCN(c3nnc4ccc(Cl)cn34)C2)c1. The van der Waals surface area contributed by atoms with Crippen LogP contribution in [0.1, 0.15) is 18.4 Å². The fourth-order valence-corrected chi connectivity index (χ4v) is 3.95. The topological polar surface area (TPSA) is 81.0 Å². The van der Waals surface area contributed by atoms with E-state index in [1.165, 1.54) is 0 Å². The van der Waals surface area contributed by atoms with E-state index in [1.807, 2.05) is 28.7 Å². The summed E-state index contributed by atoms with van der Waals surface area (Å²) in [6.45, 7) is 1.77. The van der Waals surface area contributed by atoms with Crippen molar-refractivity contribution >= 4 is 29.1 Å². The maximum absolute atomic E-state index is 12.9. The number of nitrogens with one attached hydrogen (secondary N) is 1. The molecule has 1 unspecified atom stereocenters. The van der Waals surface area contributed by atoms with E-state index >= 15 is 0 Å². The van der Waals surface area contributed by atoms with Gasteiger partial charge < -0.3 is 19.7 Å². The van der Waals surface area contributed by atoms with Crippen LogP contribution in [0.25, 0.3) is 5.65 Å². The number of carbonyl (C=O) groups is 1. The molecule has 0 aliphatic carbocycles. The Balaban J connectivity index is 1.44. The molecule has 1 saturated heterocycles. The largest absolute Gasteiger partial charge is 0.497 e. The van der Waals surface area contributed by atoms with Crippen LogP contribution in [-0.4, -0.2) is 47.8 Å². The molecule has 3 aromatic rings. The molecule has 1 aliphatic rings. The van der Waals surface area contributed by atoms with Crippen LogP contribution in [-0.2, 0) is 11.3 Å². The van der Waals surface area contributed by atoms with Gasteiger partial charge in [0.15, 0.2) is 5.65 Å². The molecule has 1 N–H and O–H groups in total. The number of benzene rings is 1. The third-order valence-electron chi connectivity index (χ3n) is 5.36. The Hall–Kier alpha value is -3.00. The van der Waals surface area contributed by atoms with Crippen LogP contribution in [0.4, 0.5) is 5.95 Å². The Morgan fingerprint density at radius 2 is 2.10 bits per heavy atom. The van der Waals surface area contributed by atoms with Gasteiger partial charge in [-0.2, -0.15) is 0 Å². The Labute approximate surface area is 179 Å². The van der Waals surface area contributed by atoms with Gasteiger partial charge in [-0.15, -0.1) is 10.2 Å². The molecule has 1 atom stereocenters. The summed E-state index contributed by atoms with van der Waals surface area (Å²) < 4.78 is 12.5. The Bertz CT molecular complexity index is 1050. The van der Waals surface area contributed by atoms with Gasteiger partial charge in [0.05, 0.1) is 25.2 Å². The molecule has 30 heavy (non-hydrogen) atoms. The quantitative estimate of drug-likeness (QED) is 0.648. The van der Waals surface area contributed by atoms with Crippen molar-refractivity contribution in [2.24, 2.45) is 5.92 Å². The van der Waals surface area contributed by atoms with Gasteiger partial charge >= 0.3 is 0 Å². The smallest absolute Gasteiger partial charge is 0.231 e. The van der Waals surface area contributed by atoms with Crippen LogP contribution in [0, 0.1) is 5.92 Å². The number of aromatic nitrogens is 3. The van der Waals surface area contributed by atoms with E-state index < -0.39 is 0 Å². The van der Waals surface area contributed by atoms with E-state index in [1.54, 1.807) is 26.5 Å². The Morgan fingerprint density at radius 1 is 1.23 bits per heavy atom. The molecule has 0 bridgehead atoms. The first kappa shape index (κ1) is 20.3. The zero-order chi connectivity index (χ0) is 21.1. The molecule has 0 spiro atoms. The second-order valence-electron chi connectivity index (χ2n) is 7.26. The van der Waals surface area contributed by atoms with Crippen molar-refractivity contribution in [2.75, 3.05) is 32.2 Å². The third-order valence-corrected chi connectivity index (χ3v) is 5.59. The van der Waals surface area contributed by atoms with Crippen molar-refractivity contribution in [1.29, 1.82) is 0 Å². The molecule has 1 aliphatic heterocycles. The van der Waals surface area contributed by atoms with Crippen LogP contribution in [0.3, 0.4) is 0 Å². The summed E-state index contributed by atoms with van der Waals surface area (Å²) in [5.41, 5.74) is 1.60. The Kier molecular flexibility index (Phi) is 5.94. The summed E-state index contributed by atoms with van der Waals surface area (Å²) >= 11 is 6.13. The number of hydrogen-bond acceptors (Lipinski definition) is 6. The van der Waals surface area contributed by atoms with Gasteiger partial charge in [-0.3, -0.25) is 9.20 Å². The molecule has 4 rings (SSSR count). The highest BCUT2D eigenvalue weighted by Crippen LogP contribution is 2.26. The number of methoxy groups -OCH3 is 2. The second-order valence-corrected chi connectivity index (χ2v) is 7.69. The average Bonchev–Trinajstić information content (AvgIpc) is 3.20. The van der Waals surface area contributed by atoms with E-state index in [0.717, 1.165) is 36.3 Å². The number of nitrogens with zero attached hydrogens (tertiary/aromatic N) is 4. The summed E-state index contributed by atoms with van der Waals surface area (Å²) in [6, 6.07) is 9.16. The molecule has 1 amide bonds. The van der Waals surface area contributed by atoms with Crippen molar-refractivity contribution in [3.63, 3.8) is 0 Å². The molecule has 9 heteroatoms. The lowest BCUT2D eigenvalue weighted by atomic mass is 9.97. The second kappa shape index (κ2) is 8.79. The summed E-state index contributed by atoms with van der Waals surface area (Å²) in [6.07, 6.45) is 3.52. The normalized spacial score (nSPS) is 16.5. The van der Waals surface area contributed by atoms with Gasteiger partial charge in [0, 0.05) is 31.4 Å². The lowest BCUT2D eigenvalue weighted by molar-refractivity contribution is -0.125. The summed E-state index contributed by atoms with van der Waals surface area (Å²) in [4.78, 5) is 15.0. The van der Waals surface area contributed by atoms with Crippen molar-refractivity contribution in [3.8, 4) is 11.5 Å². The number of ether oxygens (including phenoxy) is 2. The average molecular weight is 430 g/mol. The highest BCUT2D eigenvalue weighted by molar-refractivity contribution is 6.30. The molecule has 2 aromatic heterocycles. The number of anilines is 1. The lowest BCUT2D eigenvalue weighted by Gasteiger charge is -2.32. The number of rotatable bonds is 6. The van der Waals surface area contributed by atoms with Crippen LogP contribution in [0.15, 0.2) is 36.5 Å². The summed E-state index contributed by atoms with van der Waals surface area (Å²) in [7, 11) is 3.23. The summed E-state index contributed by atoms with van der Waals surface area (Å²) in [5, 5.41) is 12.2. The maximum atomic E-state index is 12.9. The van der Waals surface area contributed by atoms with E-state index in [0.29, 0.717) is 29.8 Å². The highest BCUT2D eigenvalue weighted by Gasteiger charge is 2.28. The zero-order valence-electron chi connectivity index (χ0n) is 17.0. The number of halogens is 1. The predicted molar refractivity (Wildman–Crippen MR) is 114 cm³/mol. The van der Waals surface area contributed by atoms with Crippen molar-refractivity contribution in [2.45, 2.75) is 19.4 Å². The minimum absolute atomic E-state index is 0.0106. The van der Waals surface area contributed by atoms with Gasteiger partial charge in [0.2, 0.25) is 11.9 Å². The maximum Gasteiger partial charge on any atom is 0.231 e. The van der Waals surface area contributed by atoms with Gasteiger partial charge in [-0.05, 0) is 43.2 Å². The van der Waals surface area contributed by atoms with Gasteiger partial charge in [-0.25, -0.2) is 0 Å². The van der Waals surface area contributed by atoms with Crippen LogP contribution < -0.4 is 19.7 Å². The molecular weight excluding hydrogens is 406 g/mol. The predicted octanol–water partition coefficient (Wildman–Crippen LogP) is 2.93. The van der Waals surface area contributed by atoms with Gasteiger partial charge in [-0.1, -0.05) is 11.6 Å². The minimum atomic E-state index is -0.137. The van der Waals surface area contributed by atoms with Crippen molar-refractivity contribution in [1.82, 2.24) is 19.9 Å². The first-order chi connectivity index (χ1) is 14.6. The van der Waals surface area contributed by atoms with Gasteiger partial charge in [0.1, 0.15) is 11.5 Å². The molecule has 0 saturated carbocycles. The van der Waals surface area contributed by atoms with E-state index in [9.17, 15) is 4.79 Å². The first-order valence-corrected chi connectivity index (χ1v) is 10.2. The summed E-state index contributed by atoms with van der Waals surface area (Å²) in [5.74, 6) is 2.02. The monoisotopic (exact) mass is 429 g/mol. The first-order valence-electron chi connectivity index (χ1n) is 9.83. The molecule has 1 fully saturated rings. The number of carbonyl (C=O) groups excluding carboxylic acids is 1. The van der Waals surface area contributed by atoms with Crippen LogP contribution >= 0.6 is 11.6 Å². The number of hydrogen-bond donors (Lipinski definition) is 1. The standard InChI is InChI=1S/C21H24ClN5O3/c1-29-17-6-7-18(30-2)15(10-17)11-23-20(28)14-4-3-9-26(12-14)21-25-24-19-8-5-16(22)13-27(19)21/h5-8,10,13-14H,3-4,9,11-12H2,1-2H3,(H,23,28). The number of pyridine rings is 1. The lowest BCUT2D eigenvalue weighted by Crippen LogP contribution is -2.43. The van der Waals surface area contributed by atoms with Crippen LogP contribution in [0.2, 0.25) is 5.02 Å². The molecular formula is C21H24ClN5O3. The van der Waals surface area contributed by atoms with Crippen molar-refractivity contribution < 1.29 is 14.3 Å². The molecule has 1 aromatic carbocycles. The zero-order valence-corrected chi connectivity index (χ0v) is 17.7. The van der Waals surface area contributed by atoms with Gasteiger partial charge in [0.25, 0.3) is 0 Å². The van der Waals surface area contributed by atoms with Crippen molar-refractivity contribution in [3.05, 3.63) is 47.1 Å². The number of piperidine rings is 1. The van der Waals surface area contributed by atoms with E-state index in [2.05, 4.69) is 20.4 Å². The number of fused-ring (bicyclic) bond motifs is 1. The number of amides is 1. The van der Waals surface area contributed by atoms with Crippen LogP contribution in [0.5, 0.6) is 11.5 Å². The molecule has 8 nitrogen and oxygen atoms in total. The molecule has 3 heterocycles. The fourth-order valence-electron chi connectivity index (χ4n) is 3.79. The van der Waals surface area contributed by atoms with E-state index in [-0.39, 0.29) is 11.8 Å². The molecule has 158 valence electrons.